The maximum Gasteiger partial charge on any atom is 0.226 e. The topological polar surface area (TPSA) is 36.4 Å². The lowest BCUT2D eigenvalue weighted by molar-refractivity contribution is -0.136. The molecule has 1 amide bonds. The summed E-state index contributed by atoms with van der Waals surface area (Å²) in [6, 6.07) is 18.7. The minimum absolute atomic E-state index is 0.00355. The number of carbonyl (C=O) groups excluding carboxylic acids is 1. The largest absolute Gasteiger partial charge is 0.368 e. The summed E-state index contributed by atoms with van der Waals surface area (Å²) in [4.78, 5) is 22.8. The van der Waals surface area contributed by atoms with Crippen molar-refractivity contribution in [3.05, 3.63) is 71.8 Å². The second-order valence-electron chi connectivity index (χ2n) is 7.82. The number of hydrogen-bond donors (Lipinski definition) is 0. The van der Waals surface area contributed by atoms with E-state index in [1.54, 1.807) is 11.3 Å². The molecule has 1 fully saturated rings. The second kappa shape index (κ2) is 7.99. The molecule has 29 heavy (non-hydrogen) atoms. The molecule has 1 saturated heterocycles. The van der Waals surface area contributed by atoms with E-state index in [1.807, 2.05) is 12.1 Å². The van der Waals surface area contributed by atoms with Crippen molar-refractivity contribution >= 4 is 33.1 Å². The lowest BCUT2D eigenvalue weighted by atomic mass is 9.82. The number of benzene rings is 2. The zero-order chi connectivity index (χ0) is 19.6. The van der Waals surface area contributed by atoms with Crippen LogP contribution in [0.15, 0.2) is 66.7 Å². The Bertz CT molecular complexity index is 988. The quantitative estimate of drug-likeness (QED) is 0.595. The number of rotatable bonds is 3. The standard InChI is InChI=1S/C24H25N3OS/c28-24(27-16-14-26(15-17-27)18-8-2-1-3-9-18)20-11-5-4-10-19(20)23-25-21-12-6-7-13-22(21)29-23/h1-9,12-13,19-20H,10-11,14-17H2/t19-,20-/m0/s1. The number of allylic oxidation sites excluding steroid dienone is 2. The molecule has 0 spiro atoms. The van der Waals surface area contributed by atoms with Crippen LogP contribution < -0.4 is 4.90 Å². The van der Waals surface area contributed by atoms with Gasteiger partial charge in [0.25, 0.3) is 0 Å². The Balaban J connectivity index is 1.31. The van der Waals surface area contributed by atoms with Gasteiger partial charge in [0.05, 0.1) is 21.1 Å². The van der Waals surface area contributed by atoms with E-state index in [9.17, 15) is 4.79 Å². The number of piperazine rings is 1. The minimum Gasteiger partial charge on any atom is -0.368 e. The molecule has 0 unspecified atom stereocenters. The van der Waals surface area contributed by atoms with Crippen molar-refractivity contribution in [1.82, 2.24) is 9.88 Å². The van der Waals surface area contributed by atoms with Crippen LogP contribution in [0.2, 0.25) is 0 Å². The average Bonchev–Trinajstić information content (AvgIpc) is 3.23. The lowest BCUT2D eigenvalue weighted by Gasteiger charge is -2.39. The maximum atomic E-state index is 13.4. The van der Waals surface area contributed by atoms with Gasteiger partial charge in [-0.2, -0.15) is 0 Å². The van der Waals surface area contributed by atoms with Crippen molar-refractivity contribution in [2.45, 2.75) is 18.8 Å². The number of para-hydroxylation sites is 2. The Morgan fingerprint density at radius 2 is 1.62 bits per heavy atom. The minimum atomic E-state index is 0.00355. The zero-order valence-electron chi connectivity index (χ0n) is 16.4. The van der Waals surface area contributed by atoms with E-state index >= 15 is 0 Å². The van der Waals surface area contributed by atoms with Crippen molar-refractivity contribution in [2.24, 2.45) is 5.92 Å². The molecule has 2 aromatic carbocycles. The smallest absolute Gasteiger partial charge is 0.226 e. The van der Waals surface area contributed by atoms with Crippen LogP contribution in [0.25, 0.3) is 10.2 Å². The Morgan fingerprint density at radius 3 is 2.41 bits per heavy atom. The Morgan fingerprint density at radius 1 is 0.897 bits per heavy atom. The normalized spacial score (nSPS) is 22.2. The molecule has 4 nitrogen and oxygen atoms in total. The SMILES string of the molecule is O=C([C@H]1CC=CC[C@@H]1c1nc2ccccc2s1)N1CCN(c2ccccc2)CC1. The molecule has 1 aliphatic carbocycles. The third-order valence-corrected chi connectivity index (χ3v) is 7.26. The van der Waals surface area contributed by atoms with Crippen molar-refractivity contribution in [1.29, 1.82) is 0 Å². The first-order chi connectivity index (χ1) is 14.3. The Kier molecular flexibility index (Phi) is 5.06. The molecular formula is C24H25N3OS. The monoisotopic (exact) mass is 403 g/mol. The number of fused-ring (bicyclic) bond motifs is 1. The number of thiazole rings is 1. The van der Waals surface area contributed by atoms with Crippen LogP contribution in [-0.4, -0.2) is 42.0 Å². The molecule has 148 valence electrons. The van der Waals surface area contributed by atoms with Gasteiger partial charge in [0.2, 0.25) is 5.91 Å². The van der Waals surface area contributed by atoms with E-state index in [1.165, 1.54) is 10.4 Å². The highest BCUT2D eigenvalue weighted by atomic mass is 32.1. The number of carbonyl (C=O) groups is 1. The first kappa shape index (κ1) is 18.4. The zero-order valence-corrected chi connectivity index (χ0v) is 17.2. The van der Waals surface area contributed by atoms with Gasteiger partial charge in [-0.05, 0) is 37.1 Å². The summed E-state index contributed by atoms with van der Waals surface area (Å²) in [5.74, 6) is 0.493. The Labute approximate surface area is 175 Å². The summed E-state index contributed by atoms with van der Waals surface area (Å²) in [7, 11) is 0. The van der Waals surface area contributed by atoms with E-state index in [-0.39, 0.29) is 11.8 Å². The van der Waals surface area contributed by atoms with Crippen LogP contribution in [-0.2, 0) is 4.79 Å². The average molecular weight is 404 g/mol. The van der Waals surface area contributed by atoms with Crippen LogP contribution in [0.3, 0.4) is 0 Å². The van der Waals surface area contributed by atoms with Crippen molar-refractivity contribution in [3.63, 3.8) is 0 Å². The van der Waals surface area contributed by atoms with E-state index in [0.29, 0.717) is 5.91 Å². The van der Waals surface area contributed by atoms with Crippen molar-refractivity contribution in [3.8, 4) is 0 Å². The summed E-state index contributed by atoms with van der Waals surface area (Å²) in [5, 5.41) is 1.11. The van der Waals surface area contributed by atoms with Gasteiger partial charge < -0.3 is 9.80 Å². The van der Waals surface area contributed by atoms with Crippen molar-refractivity contribution < 1.29 is 4.79 Å². The van der Waals surface area contributed by atoms with E-state index in [0.717, 1.165) is 49.5 Å². The molecule has 2 heterocycles. The predicted octanol–water partition coefficient (Wildman–Crippen LogP) is 4.69. The molecule has 1 aromatic heterocycles. The molecule has 0 radical (unpaired) electrons. The first-order valence-corrected chi connectivity index (χ1v) is 11.2. The van der Waals surface area contributed by atoms with Gasteiger partial charge in [0, 0.05) is 37.8 Å². The molecule has 5 heteroatoms. The molecule has 5 rings (SSSR count). The van der Waals surface area contributed by atoms with Crippen LogP contribution in [0, 0.1) is 5.92 Å². The predicted molar refractivity (Wildman–Crippen MR) is 119 cm³/mol. The van der Waals surface area contributed by atoms with Gasteiger partial charge in [-0.25, -0.2) is 4.98 Å². The number of aromatic nitrogens is 1. The molecule has 0 saturated carbocycles. The van der Waals surface area contributed by atoms with Crippen LogP contribution in [0.1, 0.15) is 23.8 Å². The highest BCUT2D eigenvalue weighted by Gasteiger charge is 2.35. The molecule has 1 aliphatic heterocycles. The van der Waals surface area contributed by atoms with Gasteiger partial charge in [-0.15, -0.1) is 11.3 Å². The number of nitrogens with zero attached hydrogens (tertiary/aromatic N) is 3. The van der Waals surface area contributed by atoms with Gasteiger partial charge in [0.15, 0.2) is 0 Å². The molecule has 2 atom stereocenters. The maximum absolute atomic E-state index is 13.4. The van der Waals surface area contributed by atoms with Gasteiger partial charge >= 0.3 is 0 Å². The van der Waals surface area contributed by atoms with Gasteiger partial charge in [0.1, 0.15) is 0 Å². The van der Waals surface area contributed by atoms with E-state index in [4.69, 9.17) is 4.98 Å². The highest BCUT2D eigenvalue weighted by Crippen LogP contribution is 2.39. The fourth-order valence-electron chi connectivity index (χ4n) is 4.47. The van der Waals surface area contributed by atoms with Crippen LogP contribution in [0.5, 0.6) is 0 Å². The first-order valence-electron chi connectivity index (χ1n) is 10.4. The summed E-state index contributed by atoms with van der Waals surface area (Å²) in [6.45, 7) is 3.37. The van der Waals surface area contributed by atoms with Gasteiger partial charge in [-0.3, -0.25) is 4.79 Å². The fourth-order valence-corrected chi connectivity index (χ4v) is 5.61. The molecule has 0 N–H and O–H groups in total. The molecular weight excluding hydrogens is 378 g/mol. The summed E-state index contributed by atoms with van der Waals surface area (Å²) in [6.07, 6.45) is 6.11. The lowest BCUT2D eigenvalue weighted by Crippen LogP contribution is -2.51. The number of amides is 1. The van der Waals surface area contributed by atoms with E-state index < -0.39 is 0 Å². The van der Waals surface area contributed by atoms with Gasteiger partial charge in [-0.1, -0.05) is 42.5 Å². The molecule has 0 bridgehead atoms. The molecule has 2 aliphatic rings. The number of hydrogen-bond acceptors (Lipinski definition) is 4. The highest BCUT2D eigenvalue weighted by molar-refractivity contribution is 7.18. The Hall–Kier alpha value is -2.66. The summed E-state index contributed by atoms with van der Waals surface area (Å²) in [5.41, 5.74) is 2.29. The fraction of sp³-hybridized carbons (Fsp3) is 0.333. The van der Waals surface area contributed by atoms with Crippen LogP contribution >= 0.6 is 11.3 Å². The second-order valence-corrected chi connectivity index (χ2v) is 8.89. The summed E-state index contributed by atoms with van der Waals surface area (Å²) >= 11 is 1.75. The summed E-state index contributed by atoms with van der Waals surface area (Å²) < 4.78 is 1.21. The third-order valence-electron chi connectivity index (χ3n) is 6.09. The number of anilines is 1. The molecule has 3 aromatic rings. The van der Waals surface area contributed by atoms with Crippen molar-refractivity contribution in [2.75, 3.05) is 31.1 Å². The van der Waals surface area contributed by atoms with Crippen LogP contribution in [0.4, 0.5) is 5.69 Å². The van der Waals surface area contributed by atoms with E-state index in [2.05, 4.69) is 64.4 Å². The third kappa shape index (κ3) is 3.67.